The number of phenolic OH excluding ortho intramolecular Hbond substituents is 1. The average Bonchev–Trinajstić information content (AvgIpc) is 2.45. The van der Waals surface area contributed by atoms with E-state index >= 15 is 0 Å². The molecule has 4 nitrogen and oxygen atoms in total. The molecule has 1 heterocycles. The van der Waals surface area contributed by atoms with Gasteiger partial charge in [0.05, 0.1) is 5.69 Å². The molecule has 0 bridgehead atoms. The fraction of sp³-hybridized carbons (Fsp3) is 0.562. The molecule has 0 unspecified atom stereocenters. The van der Waals surface area contributed by atoms with Crippen molar-refractivity contribution in [1.82, 2.24) is 4.90 Å². The SMILES string of the molecule is CC(C)CCC(=O)N1CCN(c2ccccc2O)CC1. The maximum Gasteiger partial charge on any atom is 0.222 e. The highest BCUT2D eigenvalue weighted by molar-refractivity contribution is 5.76. The summed E-state index contributed by atoms with van der Waals surface area (Å²) in [4.78, 5) is 16.2. The maximum absolute atomic E-state index is 12.1. The van der Waals surface area contributed by atoms with Crippen LogP contribution in [0.2, 0.25) is 0 Å². The number of hydrogen-bond donors (Lipinski definition) is 1. The number of benzene rings is 1. The number of piperazine rings is 1. The second-order valence-corrected chi connectivity index (χ2v) is 5.79. The molecule has 1 saturated heterocycles. The van der Waals surface area contributed by atoms with Crippen molar-refractivity contribution in [3.63, 3.8) is 0 Å². The first-order chi connectivity index (χ1) is 9.58. The Hall–Kier alpha value is -1.71. The number of rotatable bonds is 4. The lowest BCUT2D eigenvalue weighted by atomic mass is 10.1. The average molecular weight is 276 g/mol. The fourth-order valence-corrected chi connectivity index (χ4v) is 2.50. The van der Waals surface area contributed by atoms with Gasteiger partial charge in [0.15, 0.2) is 0 Å². The number of aromatic hydroxyl groups is 1. The van der Waals surface area contributed by atoms with Gasteiger partial charge in [-0.05, 0) is 24.5 Å². The zero-order chi connectivity index (χ0) is 14.5. The lowest BCUT2D eigenvalue weighted by Gasteiger charge is -2.36. The lowest BCUT2D eigenvalue weighted by Crippen LogP contribution is -2.48. The molecule has 2 rings (SSSR count). The summed E-state index contributed by atoms with van der Waals surface area (Å²) in [6.07, 6.45) is 1.60. The van der Waals surface area contributed by atoms with Crippen molar-refractivity contribution in [2.24, 2.45) is 5.92 Å². The van der Waals surface area contributed by atoms with E-state index in [-0.39, 0.29) is 5.91 Å². The van der Waals surface area contributed by atoms with Gasteiger partial charge in [0.1, 0.15) is 5.75 Å². The third kappa shape index (κ3) is 3.65. The summed E-state index contributed by atoms with van der Waals surface area (Å²) in [5.41, 5.74) is 0.863. The minimum absolute atomic E-state index is 0.260. The third-order valence-corrected chi connectivity index (χ3v) is 3.79. The Kier molecular flexibility index (Phi) is 4.88. The first kappa shape index (κ1) is 14.7. The van der Waals surface area contributed by atoms with Crippen LogP contribution in [0.3, 0.4) is 0 Å². The molecule has 1 aromatic carbocycles. The Morgan fingerprint density at radius 1 is 1.20 bits per heavy atom. The van der Waals surface area contributed by atoms with Crippen LogP contribution in [-0.2, 0) is 4.79 Å². The van der Waals surface area contributed by atoms with Gasteiger partial charge in [-0.3, -0.25) is 4.79 Å². The van der Waals surface area contributed by atoms with Crippen molar-refractivity contribution in [3.05, 3.63) is 24.3 Å². The number of anilines is 1. The van der Waals surface area contributed by atoms with Crippen molar-refractivity contribution in [1.29, 1.82) is 0 Å². The summed E-state index contributed by atoms with van der Waals surface area (Å²) in [7, 11) is 0. The number of carbonyl (C=O) groups excluding carboxylic acids is 1. The monoisotopic (exact) mass is 276 g/mol. The molecule has 20 heavy (non-hydrogen) atoms. The summed E-state index contributed by atoms with van der Waals surface area (Å²) < 4.78 is 0. The minimum Gasteiger partial charge on any atom is -0.506 e. The topological polar surface area (TPSA) is 43.8 Å². The van der Waals surface area contributed by atoms with Gasteiger partial charge in [-0.15, -0.1) is 0 Å². The molecule has 1 amide bonds. The molecule has 0 aromatic heterocycles. The molecular weight excluding hydrogens is 252 g/mol. The quantitative estimate of drug-likeness (QED) is 0.919. The number of hydrogen-bond acceptors (Lipinski definition) is 3. The maximum atomic E-state index is 12.1. The molecule has 110 valence electrons. The number of amides is 1. The first-order valence-electron chi connectivity index (χ1n) is 7.38. The van der Waals surface area contributed by atoms with Crippen molar-refractivity contribution in [3.8, 4) is 5.75 Å². The van der Waals surface area contributed by atoms with E-state index in [2.05, 4.69) is 18.7 Å². The van der Waals surface area contributed by atoms with E-state index in [9.17, 15) is 9.90 Å². The van der Waals surface area contributed by atoms with Gasteiger partial charge in [0.25, 0.3) is 0 Å². The van der Waals surface area contributed by atoms with Gasteiger partial charge in [-0.1, -0.05) is 26.0 Å². The third-order valence-electron chi connectivity index (χ3n) is 3.79. The van der Waals surface area contributed by atoms with Crippen LogP contribution in [-0.4, -0.2) is 42.1 Å². The molecule has 1 aliphatic rings. The van der Waals surface area contributed by atoms with Crippen LogP contribution in [0.25, 0.3) is 0 Å². The Morgan fingerprint density at radius 3 is 2.45 bits per heavy atom. The van der Waals surface area contributed by atoms with Gasteiger partial charge in [0, 0.05) is 32.6 Å². The zero-order valence-corrected chi connectivity index (χ0v) is 12.4. The largest absolute Gasteiger partial charge is 0.506 e. The van der Waals surface area contributed by atoms with Gasteiger partial charge in [-0.2, -0.15) is 0 Å². The van der Waals surface area contributed by atoms with Crippen LogP contribution in [0, 0.1) is 5.92 Å². The van der Waals surface area contributed by atoms with Crippen LogP contribution in [0.15, 0.2) is 24.3 Å². The van der Waals surface area contributed by atoms with Crippen molar-refractivity contribution < 1.29 is 9.90 Å². The van der Waals surface area contributed by atoms with E-state index in [0.717, 1.165) is 38.3 Å². The van der Waals surface area contributed by atoms with Crippen LogP contribution in [0.5, 0.6) is 5.75 Å². The second kappa shape index (κ2) is 6.64. The Morgan fingerprint density at radius 2 is 1.85 bits per heavy atom. The van der Waals surface area contributed by atoms with E-state index in [1.807, 2.05) is 23.1 Å². The number of phenols is 1. The molecule has 0 spiro atoms. The number of nitrogens with zero attached hydrogens (tertiary/aromatic N) is 2. The van der Waals surface area contributed by atoms with Crippen molar-refractivity contribution >= 4 is 11.6 Å². The van der Waals surface area contributed by atoms with Gasteiger partial charge >= 0.3 is 0 Å². The second-order valence-electron chi connectivity index (χ2n) is 5.79. The first-order valence-corrected chi connectivity index (χ1v) is 7.38. The van der Waals surface area contributed by atoms with Crippen molar-refractivity contribution in [2.75, 3.05) is 31.1 Å². The summed E-state index contributed by atoms with van der Waals surface area (Å²) in [5, 5.41) is 9.86. The zero-order valence-electron chi connectivity index (χ0n) is 12.4. The molecular formula is C16H24N2O2. The highest BCUT2D eigenvalue weighted by atomic mass is 16.3. The smallest absolute Gasteiger partial charge is 0.222 e. The van der Waals surface area contributed by atoms with E-state index in [1.54, 1.807) is 6.07 Å². The fourth-order valence-electron chi connectivity index (χ4n) is 2.50. The molecule has 0 radical (unpaired) electrons. The van der Waals surface area contributed by atoms with E-state index in [4.69, 9.17) is 0 Å². The molecule has 0 atom stereocenters. The molecule has 0 saturated carbocycles. The molecule has 1 aliphatic heterocycles. The molecule has 1 fully saturated rings. The van der Waals surface area contributed by atoms with Crippen LogP contribution < -0.4 is 4.90 Å². The molecule has 0 aliphatic carbocycles. The van der Waals surface area contributed by atoms with Crippen LogP contribution in [0.4, 0.5) is 5.69 Å². The number of para-hydroxylation sites is 2. The Labute approximate surface area is 121 Å². The van der Waals surface area contributed by atoms with Crippen LogP contribution >= 0.6 is 0 Å². The molecule has 1 N–H and O–H groups in total. The summed E-state index contributed by atoms with van der Waals surface area (Å²) in [6.45, 7) is 7.33. The predicted octanol–water partition coefficient (Wildman–Crippen LogP) is 2.48. The van der Waals surface area contributed by atoms with Gasteiger partial charge < -0.3 is 14.9 Å². The standard InChI is InChI=1S/C16H24N2O2/c1-13(2)7-8-16(20)18-11-9-17(10-12-18)14-5-3-4-6-15(14)19/h3-6,13,19H,7-12H2,1-2H3. The van der Waals surface area contributed by atoms with Gasteiger partial charge in [0.2, 0.25) is 5.91 Å². The highest BCUT2D eigenvalue weighted by Gasteiger charge is 2.22. The van der Waals surface area contributed by atoms with E-state index in [1.165, 1.54) is 0 Å². The minimum atomic E-state index is 0.260. The lowest BCUT2D eigenvalue weighted by molar-refractivity contribution is -0.131. The highest BCUT2D eigenvalue weighted by Crippen LogP contribution is 2.27. The number of carbonyl (C=O) groups is 1. The van der Waals surface area contributed by atoms with Gasteiger partial charge in [-0.25, -0.2) is 0 Å². The summed E-state index contributed by atoms with van der Waals surface area (Å²) >= 11 is 0. The normalized spacial score (nSPS) is 15.8. The Bertz CT molecular complexity index is 452. The Balaban J connectivity index is 1.86. The van der Waals surface area contributed by atoms with Crippen molar-refractivity contribution in [2.45, 2.75) is 26.7 Å². The summed E-state index contributed by atoms with van der Waals surface area (Å²) in [6, 6.07) is 7.38. The molecule has 4 heteroatoms. The van der Waals surface area contributed by atoms with Crippen LogP contribution in [0.1, 0.15) is 26.7 Å². The predicted molar refractivity (Wildman–Crippen MR) is 81.0 cm³/mol. The molecule has 1 aromatic rings. The van der Waals surface area contributed by atoms with E-state index < -0.39 is 0 Å². The van der Waals surface area contributed by atoms with E-state index in [0.29, 0.717) is 18.1 Å². The summed E-state index contributed by atoms with van der Waals surface area (Å²) in [5.74, 6) is 1.14.